The van der Waals surface area contributed by atoms with Crippen LogP contribution in [-0.2, 0) is 6.42 Å². The highest BCUT2D eigenvalue weighted by Gasteiger charge is 2.23. The van der Waals surface area contributed by atoms with Crippen molar-refractivity contribution >= 4 is 11.7 Å². The van der Waals surface area contributed by atoms with Crippen molar-refractivity contribution in [3.63, 3.8) is 0 Å². The van der Waals surface area contributed by atoms with E-state index in [-0.39, 0.29) is 12.1 Å². The third-order valence-corrected chi connectivity index (χ3v) is 4.14. The van der Waals surface area contributed by atoms with Crippen LogP contribution in [0.25, 0.3) is 0 Å². The average molecular weight is 324 g/mol. The predicted octanol–water partition coefficient (Wildman–Crippen LogP) is 3.26. The minimum atomic E-state index is -0.119. The quantitative estimate of drug-likeness (QED) is 0.732. The zero-order valence-corrected chi connectivity index (χ0v) is 14.0. The molecule has 0 bridgehead atoms. The molecule has 1 aliphatic carbocycles. The average Bonchev–Trinajstić information content (AvgIpc) is 3.40. The van der Waals surface area contributed by atoms with E-state index in [0.29, 0.717) is 6.04 Å². The number of nitrogens with one attached hydrogen (secondary N) is 3. The molecule has 0 aliphatic heterocycles. The topological polar surface area (TPSA) is 66.0 Å². The molecule has 3 rings (SSSR count). The normalized spacial score (nSPS) is 14.9. The number of pyridine rings is 1. The van der Waals surface area contributed by atoms with Gasteiger partial charge in [-0.1, -0.05) is 18.2 Å². The lowest BCUT2D eigenvalue weighted by atomic mass is 10.1. The lowest BCUT2D eigenvalue weighted by molar-refractivity contribution is 0.251. The van der Waals surface area contributed by atoms with E-state index in [9.17, 15) is 4.79 Å². The molecule has 5 nitrogen and oxygen atoms in total. The fourth-order valence-corrected chi connectivity index (χ4v) is 2.52. The van der Waals surface area contributed by atoms with Gasteiger partial charge in [0, 0.05) is 42.6 Å². The van der Waals surface area contributed by atoms with E-state index in [2.05, 4.69) is 27.9 Å². The van der Waals surface area contributed by atoms with Gasteiger partial charge >= 0.3 is 6.03 Å². The highest BCUT2D eigenvalue weighted by Crippen LogP contribution is 2.19. The van der Waals surface area contributed by atoms with Crippen LogP contribution in [0.5, 0.6) is 0 Å². The second-order valence-corrected chi connectivity index (χ2v) is 6.24. The van der Waals surface area contributed by atoms with Gasteiger partial charge in [-0.15, -0.1) is 0 Å². The van der Waals surface area contributed by atoms with Crippen molar-refractivity contribution in [3.8, 4) is 0 Å². The monoisotopic (exact) mass is 324 g/mol. The standard InChI is InChI=1S/C19H24N4O/c1-14(20-13-11-16-4-2-3-12-21-16)15-5-7-17(8-6-15)22-19(24)23-18-9-10-18/h2-8,12,14,18,20H,9-11,13H2,1H3,(H2,22,23,24). The summed E-state index contributed by atoms with van der Waals surface area (Å²) in [6.07, 6.45) is 4.91. The Labute approximate surface area is 142 Å². The summed E-state index contributed by atoms with van der Waals surface area (Å²) >= 11 is 0. The van der Waals surface area contributed by atoms with Gasteiger partial charge in [-0.05, 0) is 49.6 Å². The maximum atomic E-state index is 11.7. The Morgan fingerprint density at radius 2 is 2.00 bits per heavy atom. The minimum Gasteiger partial charge on any atom is -0.335 e. The van der Waals surface area contributed by atoms with Crippen molar-refractivity contribution in [1.29, 1.82) is 0 Å². The first kappa shape index (κ1) is 16.5. The zero-order chi connectivity index (χ0) is 16.8. The molecule has 0 radical (unpaired) electrons. The van der Waals surface area contributed by atoms with Gasteiger partial charge in [-0.2, -0.15) is 0 Å². The van der Waals surface area contributed by atoms with Crippen LogP contribution in [0.3, 0.4) is 0 Å². The minimum absolute atomic E-state index is 0.119. The number of hydrogen-bond donors (Lipinski definition) is 3. The van der Waals surface area contributed by atoms with E-state index in [1.807, 2.05) is 48.7 Å². The number of urea groups is 1. The second-order valence-electron chi connectivity index (χ2n) is 6.24. The number of amides is 2. The first-order valence-electron chi connectivity index (χ1n) is 8.51. The Bertz CT molecular complexity index is 653. The molecule has 2 aromatic rings. The van der Waals surface area contributed by atoms with Gasteiger partial charge in [-0.3, -0.25) is 4.98 Å². The number of hydrogen-bond acceptors (Lipinski definition) is 3. The molecule has 1 heterocycles. The molecule has 1 aromatic carbocycles. The van der Waals surface area contributed by atoms with Crippen molar-refractivity contribution in [2.45, 2.75) is 38.3 Å². The van der Waals surface area contributed by atoms with E-state index in [4.69, 9.17) is 0 Å². The van der Waals surface area contributed by atoms with Gasteiger partial charge in [0.15, 0.2) is 0 Å². The highest BCUT2D eigenvalue weighted by atomic mass is 16.2. The van der Waals surface area contributed by atoms with Crippen LogP contribution in [0.15, 0.2) is 48.7 Å². The number of nitrogens with zero attached hydrogens (tertiary/aromatic N) is 1. The summed E-state index contributed by atoms with van der Waals surface area (Å²) in [7, 11) is 0. The van der Waals surface area contributed by atoms with Crippen LogP contribution in [0.2, 0.25) is 0 Å². The number of carbonyl (C=O) groups is 1. The molecular weight excluding hydrogens is 300 g/mol. The molecule has 0 spiro atoms. The maximum absolute atomic E-state index is 11.7. The van der Waals surface area contributed by atoms with Crippen molar-refractivity contribution in [3.05, 3.63) is 59.9 Å². The fraction of sp³-hybridized carbons (Fsp3) is 0.368. The van der Waals surface area contributed by atoms with Crippen molar-refractivity contribution in [2.75, 3.05) is 11.9 Å². The fourth-order valence-electron chi connectivity index (χ4n) is 2.52. The lowest BCUT2D eigenvalue weighted by Gasteiger charge is -2.15. The number of carbonyl (C=O) groups excluding carboxylic acids is 1. The summed E-state index contributed by atoms with van der Waals surface area (Å²) in [5, 5.41) is 9.28. The third-order valence-electron chi connectivity index (χ3n) is 4.14. The highest BCUT2D eigenvalue weighted by molar-refractivity contribution is 5.89. The second kappa shape index (κ2) is 7.93. The number of anilines is 1. The van der Waals surface area contributed by atoms with Crippen LogP contribution < -0.4 is 16.0 Å². The van der Waals surface area contributed by atoms with E-state index in [1.165, 1.54) is 5.56 Å². The van der Waals surface area contributed by atoms with Crippen molar-refractivity contribution in [1.82, 2.24) is 15.6 Å². The van der Waals surface area contributed by atoms with Crippen LogP contribution in [0, 0.1) is 0 Å². The predicted molar refractivity (Wildman–Crippen MR) is 96.0 cm³/mol. The van der Waals surface area contributed by atoms with Crippen LogP contribution in [-0.4, -0.2) is 23.6 Å². The first-order chi connectivity index (χ1) is 11.7. The molecule has 1 aliphatic rings. The van der Waals surface area contributed by atoms with Crippen molar-refractivity contribution < 1.29 is 4.79 Å². The Morgan fingerprint density at radius 1 is 1.21 bits per heavy atom. The molecule has 2 amide bonds. The summed E-state index contributed by atoms with van der Waals surface area (Å²) < 4.78 is 0. The van der Waals surface area contributed by atoms with E-state index >= 15 is 0 Å². The largest absolute Gasteiger partial charge is 0.335 e. The maximum Gasteiger partial charge on any atom is 0.319 e. The molecule has 126 valence electrons. The number of benzene rings is 1. The molecular formula is C19H24N4O. The summed E-state index contributed by atoms with van der Waals surface area (Å²) in [6.45, 7) is 3.02. The molecule has 1 saturated carbocycles. The molecule has 0 saturated heterocycles. The Morgan fingerprint density at radius 3 is 2.67 bits per heavy atom. The van der Waals surface area contributed by atoms with E-state index in [1.54, 1.807) is 0 Å². The molecule has 3 N–H and O–H groups in total. The van der Waals surface area contributed by atoms with Gasteiger partial charge < -0.3 is 16.0 Å². The van der Waals surface area contributed by atoms with Crippen LogP contribution in [0.4, 0.5) is 10.5 Å². The first-order valence-corrected chi connectivity index (χ1v) is 8.51. The molecule has 1 aromatic heterocycles. The summed E-state index contributed by atoms with van der Waals surface area (Å²) in [4.78, 5) is 16.0. The van der Waals surface area contributed by atoms with Crippen LogP contribution >= 0.6 is 0 Å². The summed E-state index contributed by atoms with van der Waals surface area (Å²) in [5.74, 6) is 0. The number of aromatic nitrogens is 1. The molecule has 1 unspecified atom stereocenters. The Balaban J connectivity index is 1.44. The molecule has 1 fully saturated rings. The third kappa shape index (κ3) is 5.06. The van der Waals surface area contributed by atoms with Gasteiger partial charge in [0.1, 0.15) is 0 Å². The Kier molecular flexibility index (Phi) is 5.43. The lowest BCUT2D eigenvalue weighted by Crippen LogP contribution is -2.30. The van der Waals surface area contributed by atoms with Gasteiger partial charge in [0.2, 0.25) is 0 Å². The Hall–Kier alpha value is -2.40. The molecule has 24 heavy (non-hydrogen) atoms. The van der Waals surface area contributed by atoms with E-state index in [0.717, 1.165) is 37.2 Å². The zero-order valence-electron chi connectivity index (χ0n) is 14.0. The van der Waals surface area contributed by atoms with Gasteiger partial charge in [0.25, 0.3) is 0 Å². The SMILES string of the molecule is CC(NCCc1ccccn1)c1ccc(NC(=O)NC2CC2)cc1. The van der Waals surface area contributed by atoms with Gasteiger partial charge in [0.05, 0.1) is 0 Å². The smallest absolute Gasteiger partial charge is 0.319 e. The van der Waals surface area contributed by atoms with Crippen LogP contribution in [0.1, 0.15) is 37.1 Å². The molecule has 1 atom stereocenters. The van der Waals surface area contributed by atoms with Crippen molar-refractivity contribution in [2.24, 2.45) is 0 Å². The summed E-state index contributed by atoms with van der Waals surface area (Å²) in [6, 6.07) is 14.5. The summed E-state index contributed by atoms with van der Waals surface area (Å²) in [5.41, 5.74) is 3.11. The number of rotatable bonds is 7. The van der Waals surface area contributed by atoms with Gasteiger partial charge in [-0.25, -0.2) is 4.79 Å². The molecule has 5 heteroatoms. The van der Waals surface area contributed by atoms with E-state index < -0.39 is 0 Å².